The third kappa shape index (κ3) is 6.38. The third-order valence-electron chi connectivity index (χ3n) is 3.87. The first-order valence-electron chi connectivity index (χ1n) is 8.83. The van der Waals surface area contributed by atoms with Gasteiger partial charge in [-0.15, -0.1) is 0 Å². The van der Waals surface area contributed by atoms with Crippen molar-refractivity contribution in [3.8, 4) is 0 Å². The molecule has 6 nitrogen and oxygen atoms in total. The molecule has 1 heterocycles. The number of rotatable bonds is 6. The minimum Gasteiger partial charge on any atom is -0.479 e. The maximum atomic E-state index is 12.9. The molecule has 1 aliphatic rings. The summed E-state index contributed by atoms with van der Waals surface area (Å²) in [6.45, 7) is 9.04. The van der Waals surface area contributed by atoms with Crippen molar-refractivity contribution in [3.63, 3.8) is 0 Å². The first-order valence-corrected chi connectivity index (χ1v) is 8.83. The Morgan fingerprint density at radius 1 is 1.19 bits per heavy atom. The van der Waals surface area contributed by atoms with Crippen LogP contribution in [0, 0.1) is 11.7 Å². The van der Waals surface area contributed by atoms with E-state index in [1.165, 1.54) is 29.2 Å². The highest BCUT2D eigenvalue weighted by atomic mass is 19.1. The van der Waals surface area contributed by atoms with Crippen molar-refractivity contribution in [3.05, 3.63) is 35.6 Å². The van der Waals surface area contributed by atoms with Gasteiger partial charge in [0, 0.05) is 12.5 Å². The van der Waals surface area contributed by atoms with Crippen LogP contribution in [0.2, 0.25) is 0 Å². The lowest BCUT2D eigenvalue weighted by atomic mass is 10.0. The number of ether oxygens (including phenoxy) is 2. The molecule has 0 spiro atoms. The second-order valence-corrected chi connectivity index (χ2v) is 6.15. The molecule has 1 amide bonds. The number of amides is 1. The van der Waals surface area contributed by atoms with E-state index in [0.29, 0.717) is 5.56 Å². The SMILES string of the molecule is CCC1OCCO1.CCN(C(=O)C(C)C)C(C(=O)O)c1ccc(F)cc1. The van der Waals surface area contributed by atoms with Crippen LogP contribution in [-0.2, 0) is 19.1 Å². The van der Waals surface area contributed by atoms with Gasteiger partial charge in [-0.25, -0.2) is 9.18 Å². The first-order chi connectivity index (χ1) is 12.3. The average molecular weight is 369 g/mol. The van der Waals surface area contributed by atoms with Crippen LogP contribution in [0.25, 0.3) is 0 Å². The normalized spacial score (nSPS) is 15.3. The second-order valence-electron chi connectivity index (χ2n) is 6.15. The van der Waals surface area contributed by atoms with Gasteiger partial charge in [0.1, 0.15) is 5.82 Å². The fourth-order valence-corrected chi connectivity index (χ4v) is 2.54. The molecule has 0 aliphatic carbocycles. The highest BCUT2D eigenvalue weighted by Crippen LogP contribution is 2.23. The molecule has 1 N–H and O–H groups in total. The van der Waals surface area contributed by atoms with Crippen LogP contribution >= 0.6 is 0 Å². The molecular formula is C19H28FNO5. The lowest BCUT2D eigenvalue weighted by Crippen LogP contribution is -2.41. The Morgan fingerprint density at radius 2 is 1.73 bits per heavy atom. The van der Waals surface area contributed by atoms with Gasteiger partial charge < -0.3 is 19.5 Å². The van der Waals surface area contributed by atoms with E-state index in [9.17, 15) is 19.1 Å². The Labute approximate surface area is 153 Å². The maximum absolute atomic E-state index is 12.9. The molecule has 0 aromatic heterocycles. The quantitative estimate of drug-likeness (QED) is 0.833. The molecule has 1 unspecified atom stereocenters. The van der Waals surface area contributed by atoms with E-state index >= 15 is 0 Å². The summed E-state index contributed by atoms with van der Waals surface area (Å²) in [5, 5.41) is 9.34. The predicted octanol–water partition coefficient (Wildman–Crippen LogP) is 3.23. The van der Waals surface area contributed by atoms with Crippen LogP contribution in [0.1, 0.15) is 45.7 Å². The molecule has 1 aromatic carbocycles. The molecule has 0 saturated carbocycles. The molecule has 1 aliphatic heterocycles. The second kappa shape index (κ2) is 10.9. The number of hydrogen-bond donors (Lipinski definition) is 1. The zero-order valence-electron chi connectivity index (χ0n) is 15.8. The van der Waals surface area contributed by atoms with Gasteiger partial charge in [-0.05, 0) is 31.0 Å². The Morgan fingerprint density at radius 3 is 2.08 bits per heavy atom. The van der Waals surface area contributed by atoms with Gasteiger partial charge in [0.15, 0.2) is 12.3 Å². The number of carboxylic acid groups (broad SMARTS) is 1. The largest absolute Gasteiger partial charge is 0.479 e. The van der Waals surface area contributed by atoms with E-state index in [2.05, 4.69) is 6.92 Å². The number of likely N-dealkylation sites (N-methyl/N-ethyl adjacent to an activating group) is 1. The number of hydrogen-bond acceptors (Lipinski definition) is 4. The molecular weight excluding hydrogens is 341 g/mol. The summed E-state index contributed by atoms with van der Waals surface area (Å²) in [7, 11) is 0. The van der Waals surface area contributed by atoms with Crippen molar-refractivity contribution in [1.82, 2.24) is 4.90 Å². The number of aliphatic carboxylic acids is 1. The zero-order valence-corrected chi connectivity index (χ0v) is 15.8. The molecule has 7 heteroatoms. The molecule has 1 saturated heterocycles. The van der Waals surface area contributed by atoms with Crippen molar-refractivity contribution < 1.29 is 28.6 Å². The fraction of sp³-hybridized carbons (Fsp3) is 0.579. The topological polar surface area (TPSA) is 76.1 Å². The number of benzene rings is 1. The smallest absolute Gasteiger partial charge is 0.331 e. The fourth-order valence-electron chi connectivity index (χ4n) is 2.54. The summed E-state index contributed by atoms with van der Waals surface area (Å²) in [4.78, 5) is 24.8. The zero-order chi connectivity index (χ0) is 19.7. The van der Waals surface area contributed by atoms with Crippen LogP contribution in [0.4, 0.5) is 4.39 Å². The van der Waals surface area contributed by atoms with Crippen molar-refractivity contribution in [1.29, 1.82) is 0 Å². The van der Waals surface area contributed by atoms with Crippen LogP contribution in [0.15, 0.2) is 24.3 Å². The molecule has 1 fully saturated rings. The van der Waals surface area contributed by atoms with E-state index in [1.807, 2.05) is 0 Å². The van der Waals surface area contributed by atoms with E-state index in [1.54, 1.807) is 20.8 Å². The van der Waals surface area contributed by atoms with Gasteiger partial charge in [-0.1, -0.05) is 32.9 Å². The Hall–Kier alpha value is -1.99. The summed E-state index contributed by atoms with van der Waals surface area (Å²) in [6, 6.07) is 4.09. The minimum absolute atomic E-state index is 0.0972. The van der Waals surface area contributed by atoms with Crippen LogP contribution in [0.5, 0.6) is 0 Å². The molecule has 1 atom stereocenters. The Bertz CT molecular complexity index is 570. The molecule has 146 valence electrons. The summed E-state index contributed by atoms with van der Waals surface area (Å²) < 4.78 is 23.1. The van der Waals surface area contributed by atoms with Crippen molar-refractivity contribution in [2.45, 2.75) is 46.4 Å². The van der Waals surface area contributed by atoms with Crippen molar-refractivity contribution >= 4 is 11.9 Å². The van der Waals surface area contributed by atoms with Gasteiger partial charge in [0.2, 0.25) is 5.91 Å². The number of nitrogens with zero attached hydrogens (tertiary/aromatic N) is 1. The predicted molar refractivity (Wildman–Crippen MR) is 95.0 cm³/mol. The van der Waals surface area contributed by atoms with E-state index in [4.69, 9.17) is 9.47 Å². The van der Waals surface area contributed by atoms with E-state index < -0.39 is 17.8 Å². The minimum atomic E-state index is -1.12. The van der Waals surface area contributed by atoms with E-state index in [0.717, 1.165) is 19.6 Å². The third-order valence-corrected chi connectivity index (χ3v) is 3.87. The molecule has 2 rings (SSSR count). The number of carbonyl (C=O) groups excluding carboxylic acids is 1. The standard InChI is InChI=1S/C14H18FNO3.C5H10O2/c1-4-16(13(17)9(2)3)12(14(18)19)10-5-7-11(15)8-6-10;1-2-5-6-3-4-7-5/h5-9,12H,4H2,1-3H3,(H,18,19);5H,2-4H2,1H3. The highest BCUT2D eigenvalue weighted by molar-refractivity contribution is 5.85. The molecule has 26 heavy (non-hydrogen) atoms. The molecule has 0 radical (unpaired) electrons. The van der Waals surface area contributed by atoms with Crippen molar-refractivity contribution in [2.75, 3.05) is 19.8 Å². The van der Waals surface area contributed by atoms with E-state index in [-0.39, 0.29) is 24.7 Å². The monoisotopic (exact) mass is 369 g/mol. The first kappa shape index (κ1) is 22.1. The summed E-state index contributed by atoms with van der Waals surface area (Å²) in [5.74, 6) is -2.09. The number of halogens is 1. The summed E-state index contributed by atoms with van der Waals surface area (Å²) in [6.07, 6.45) is 1.07. The van der Waals surface area contributed by atoms with Crippen molar-refractivity contribution in [2.24, 2.45) is 5.92 Å². The Balaban J connectivity index is 0.000000401. The average Bonchev–Trinajstić information content (AvgIpc) is 3.14. The van der Waals surface area contributed by atoms with Gasteiger partial charge in [-0.2, -0.15) is 0 Å². The summed E-state index contributed by atoms with van der Waals surface area (Å²) >= 11 is 0. The van der Waals surface area contributed by atoms with Crippen LogP contribution in [-0.4, -0.2) is 47.9 Å². The van der Waals surface area contributed by atoms with Crippen LogP contribution in [0.3, 0.4) is 0 Å². The van der Waals surface area contributed by atoms with Gasteiger partial charge in [0.05, 0.1) is 13.2 Å². The number of carboxylic acids is 1. The number of carbonyl (C=O) groups is 2. The highest BCUT2D eigenvalue weighted by Gasteiger charge is 2.31. The van der Waals surface area contributed by atoms with Crippen LogP contribution < -0.4 is 0 Å². The van der Waals surface area contributed by atoms with Gasteiger partial charge >= 0.3 is 5.97 Å². The molecule has 0 bridgehead atoms. The summed E-state index contributed by atoms with van der Waals surface area (Å²) in [5.41, 5.74) is 0.393. The lowest BCUT2D eigenvalue weighted by molar-refractivity contribution is -0.151. The maximum Gasteiger partial charge on any atom is 0.331 e. The van der Waals surface area contributed by atoms with Gasteiger partial charge in [0.25, 0.3) is 0 Å². The molecule has 1 aromatic rings. The lowest BCUT2D eigenvalue weighted by Gasteiger charge is -2.29. The van der Waals surface area contributed by atoms with Gasteiger partial charge in [-0.3, -0.25) is 4.79 Å². The Kier molecular flexibility index (Phi) is 9.23.